The van der Waals surface area contributed by atoms with Crippen molar-refractivity contribution < 1.29 is 4.79 Å². The molecule has 52 valence electrons. The summed E-state index contributed by atoms with van der Waals surface area (Å²) in [6.45, 7) is 2.30. The van der Waals surface area contributed by atoms with Crippen molar-refractivity contribution in [1.29, 1.82) is 0 Å². The predicted molar refractivity (Wildman–Crippen MR) is 33.1 cm³/mol. The van der Waals surface area contributed by atoms with Gasteiger partial charge in [0.05, 0.1) is 6.17 Å². The Kier molecular flexibility index (Phi) is 1.68. The van der Waals surface area contributed by atoms with Crippen LogP contribution in [0.3, 0.4) is 0 Å². The van der Waals surface area contributed by atoms with Gasteiger partial charge in [0.2, 0.25) is 5.91 Å². The topological polar surface area (TPSA) is 58.4 Å². The maximum absolute atomic E-state index is 10.6. The van der Waals surface area contributed by atoms with E-state index in [2.05, 4.69) is 5.43 Å². The third-order valence-electron chi connectivity index (χ3n) is 1.39. The zero-order chi connectivity index (χ0) is 6.85. The number of nitrogens with zero attached hydrogens (tertiary/aromatic N) is 1. The summed E-state index contributed by atoms with van der Waals surface area (Å²) in [6, 6.07) is 0. The molecule has 0 aromatic carbocycles. The molecule has 1 rings (SSSR count). The first kappa shape index (κ1) is 6.51. The van der Waals surface area contributed by atoms with Crippen molar-refractivity contribution in [3.05, 3.63) is 0 Å². The normalized spacial score (nSPS) is 26.9. The van der Waals surface area contributed by atoms with Crippen LogP contribution in [0.15, 0.2) is 0 Å². The number of carbonyl (C=O) groups is 1. The minimum absolute atomic E-state index is 0.0139. The van der Waals surface area contributed by atoms with E-state index in [1.165, 1.54) is 11.9 Å². The fourth-order valence-corrected chi connectivity index (χ4v) is 0.924. The Bertz CT molecular complexity index is 125. The summed E-state index contributed by atoms with van der Waals surface area (Å²) in [5, 5.41) is 1.46. The van der Waals surface area contributed by atoms with E-state index in [4.69, 9.17) is 5.73 Å². The maximum atomic E-state index is 10.6. The molecule has 0 aromatic rings. The Labute approximate surface area is 54.0 Å². The molecule has 3 N–H and O–H groups in total. The van der Waals surface area contributed by atoms with Gasteiger partial charge in [0, 0.05) is 13.5 Å². The fraction of sp³-hybridized carbons (Fsp3) is 0.800. The van der Waals surface area contributed by atoms with Gasteiger partial charge in [-0.1, -0.05) is 0 Å². The third kappa shape index (κ3) is 1.20. The third-order valence-corrected chi connectivity index (χ3v) is 1.39. The van der Waals surface area contributed by atoms with Gasteiger partial charge in [-0.15, -0.1) is 0 Å². The summed E-state index contributed by atoms with van der Waals surface area (Å²) in [6.07, 6.45) is 0.724. The first-order valence-electron chi connectivity index (χ1n) is 3.00. The number of hydrogen-bond donors (Lipinski definition) is 2. The molecule has 1 unspecified atom stereocenters. The lowest BCUT2D eigenvalue weighted by Crippen LogP contribution is -2.45. The van der Waals surface area contributed by atoms with Crippen molar-refractivity contribution >= 4 is 5.91 Å². The highest BCUT2D eigenvalue weighted by molar-refractivity contribution is 5.73. The van der Waals surface area contributed by atoms with E-state index < -0.39 is 0 Å². The van der Waals surface area contributed by atoms with Crippen molar-refractivity contribution in [2.75, 3.05) is 6.54 Å². The number of nitrogens with one attached hydrogen (secondary N) is 1. The molecule has 1 fully saturated rings. The van der Waals surface area contributed by atoms with Gasteiger partial charge in [0.1, 0.15) is 0 Å². The molecule has 1 aliphatic heterocycles. The Morgan fingerprint density at radius 3 is 2.78 bits per heavy atom. The minimum Gasteiger partial charge on any atom is -0.310 e. The summed E-state index contributed by atoms with van der Waals surface area (Å²) >= 11 is 0. The Morgan fingerprint density at radius 2 is 2.56 bits per heavy atom. The molecule has 0 saturated carbocycles. The maximum Gasteiger partial charge on any atom is 0.235 e. The smallest absolute Gasteiger partial charge is 0.235 e. The van der Waals surface area contributed by atoms with Gasteiger partial charge in [0.15, 0.2) is 0 Å². The van der Waals surface area contributed by atoms with Crippen LogP contribution < -0.4 is 11.2 Å². The number of rotatable bonds is 0. The number of hydrogen-bond acceptors (Lipinski definition) is 3. The highest BCUT2D eigenvalue weighted by atomic mass is 16.2. The molecule has 1 amide bonds. The van der Waals surface area contributed by atoms with Crippen molar-refractivity contribution in [3.8, 4) is 0 Å². The summed E-state index contributed by atoms with van der Waals surface area (Å²) < 4.78 is 0. The zero-order valence-electron chi connectivity index (χ0n) is 5.42. The summed E-state index contributed by atoms with van der Waals surface area (Å²) in [5.74, 6) is -0.0139. The number of carbonyl (C=O) groups excluding carboxylic acids is 1. The van der Waals surface area contributed by atoms with E-state index in [0.29, 0.717) is 0 Å². The largest absolute Gasteiger partial charge is 0.310 e. The van der Waals surface area contributed by atoms with Gasteiger partial charge >= 0.3 is 0 Å². The van der Waals surface area contributed by atoms with Crippen LogP contribution in [0.5, 0.6) is 0 Å². The fourth-order valence-electron chi connectivity index (χ4n) is 0.924. The molecule has 0 aliphatic carbocycles. The van der Waals surface area contributed by atoms with Crippen LogP contribution in [-0.2, 0) is 4.79 Å². The van der Waals surface area contributed by atoms with Crippen molar-refractivity contribution in [3.63, 3.8) is 0 Å². The van der Waals surface area contributed by atoms with Crippen molar-refractivity contribution in [2.24, 2.45) is 5.73 Å². The van der Waals surface area contributed by atoms with Crippen LogP contribution >= 0.6 is 0 Å². The molecule has 0 radical (unpaired) electrons. The Balaban J connectivity index is 2.49. The van der Waals surface area contributed by atoms with E-state index in [9.17, 15) is 4.79 Å². The van der Waals surface area contributed by atoms with E-state index in [1.807, 2.05) is 0 Å². The van der Waals surface area contributed by atoms with Gasteiger partial charge in [-0.25, -0.2) is 5.43 Å². The molecule has 4 heteroatoms. The molecule has 4 nitrogen and oxygen atoms in total. The van der Waals surface area contributed by atoms with Crippen molar-refractivity contribution in [2.45, 2.75) is 19.5 Å². The van der Waals surface area contributed by atoms with E-state index in [1.54, 1.807) is 0 Å². The van der Waals surface area contributed by atoms with Gasteiger partial charge < -0.3 is 5.73 Å². The molecule has 9 heavy (non-hydrogen) atoms. The molecule has 1 aliphatic rings. The number of amides is 1. The first-order chi connectivity index (χ1) is 4.22. The number of nitrogens with two attached hydrogens (primary N) is 1. The van der Waals surface area contributed by atoms with Crippen LogP contribution in [0, 0.1) is 0 Å². The van der Waals surface area contributed by atoms with Crippen molar-refractivity contribution in [1.82, 2.24) is 10.4 Å². The van der Waals surface area contributed by atoms with Gasteiger partial charge in [-0.3, -0.25) is 9.80 Å². The average Bonchev–Trinajstić information content (AvgIpc) is 2.13. The van der Waals surface area contributed by atoms with Crippen LogP contribution in [0.4, 0.5) is 0 Å². The minimum atomic E-state index is -0.123. The highest BCUT2D eigenvalue weighted by Crippen LogP contribution is 2.01. The number of hydrazine groups is 1. The van der Waals surface area contributed by atoms with E-state index in [0.717, 1.165) is 13.0 Å². The van der Waals surface area contributed by atoms with E-state index in [-0.39, 0.29) is 12.1 Å². The van der Waals surface area contributed by atoms with Crippen LogP contribution in [0.25, 0.3) is 0 Å². The molecule has 1 heterocycles. The van der Waals surface area contributed by atoms with Gasteiger partial charge in [0.25, 0.3) is 0 Å². The lowest BCUT2D eigenvalue weighted by Gasteiger charge is -2.17. The molecular formula is C5H11N3O. The summed E-state index contributed by atoms with van der Waals surface area (Å²) in [7, 11) is 0. The van der Waals surface area contributed by atoms with Gasteiger partial charge in [-0.05, 0) is 6.42 Å². The second-order valence-corrected chi connectivity index (χ2v) is 2.15. The average molecular weight is 129 g/mol. The summed E-state index contributed by atoms with van der Waals surface area (Å²) in [4.78, 5) is 10.6. The SMILES string of the molecule is CC(=O)N1NCCC1N. The molecular weight excluding hydrogens is 118 g/mol. The highest BCUT2D eigenvalue weighted by Gasteiger charge is 2.21. The summed E-state index contributed by atoms with van der Waals surface area (Å²) in [5.41, 5.74) is 8.39. The lowest BCUT2D eigenvalue weighted by atomic mass is 10.4. The second kappa shape index (κ2) is 2.33. The standard InChI is InChI=1S/C5H11N3O/c1-4(9)8-5(6)2-3-7-8/h5,7H,2-3,6H2,1H3. The lowest BCUT2D eigenvalue weighted by molar-refractivity contribution is -0.132. The quantitative estimate of drug-likeness (QED) is 0.442. The van der Waals surface area contributed by atoms with E-state index >= 15 is 0 Å². The predicted octanol–water partition coefficient (Wildman–Crippen LogP) is -0.972. The van der Waals surface area contributed by atoms with Crippen LogP contribution in [0.1, 0.15) is 13.3 Å². The molecule has 1 atom stereocenters. The molecule has 1 saturated heterocycles. The zero-order valence-corrected chi connectivity index (χ0v) is 5.42. The molecule has 0 spiro atoms. The Hall–Kier alpha value is -0.610. The van der Waals surface area contributed by atoms with Gasteiger partial charge in [-0.2, -0.15) is 0 Å². The second-order valence-electron chi connectivity index (χ2n) is 2.15. The van der Waals surface area contributed by atoms with Crippen LogP contribution in [-0.4, -0.2) is 23.6 Å². The van der Waals surface area contributed by atoms with Crippen LogP contribution in [0.2, 0.25) is 0 Å². The first-order valence-corrected chi connectivity index (χ1v) is 3.00. The Morgan fingerprint density at radius 1 is 1.89 bits per heavy atom. The molecule has 0 aromatic heterocycles. The monoisotopic (exact) mass is 129 g/mol. The molecule has 0 bridgehead atoms.